The first-order valence-corrected chi connectivity index (χ1v) is 5.68. The summed E-state index contributed by atoms with van der Waals surface area (Å²) in [6, 6.07) is 4.17. The monoisotopic (exact) mass is 243 g/mol. The highest BCUT2D eigenvalue weighted by atomic mass is 19.4. The van der Waals surface area contributed by atoms with Crippen molar-refractivity contribution in [1.82, 2.24) is 0 Å². The number of fused-ring (bicyclic) bond motifs is 1. The Morgan fingerprint density at radius 1 is 1.29 bits per heavy atom. The predicted octanol–water partition coefficient (Wildman–Crippen LogP) is 4.19. The fraction of sp³-hybridized carbons (Fsp3) is 0.538. The molecule has 17 heavy (non-hydrogen) atoms. The first kappa shape index (κ1) is 12.3. The van der Waals surface area contributed by atoms with Gasteiger partial charge in [0.2, 0.25) is 0 Å². The van der Waals surface area contributed by atoms with E-state index in [9.17, 15) is 13.2 Å². The Labute approximate surface area is 99.0 Å². The first-order chi connectivity index (χ1) is 7.70. The molecule has 1 aromatic rings. The second-order valence-electron chi connectivity index (χ2n) is 5.39. The van der Waals surface area contributed by atoms with Crippen molar-refractivity contribution in [2.45, 2.75) is 44.8 Å². The molecule has 0 spiro atoms. The van der Waals surface area contributed by atoms with Crippen LogP contribution in [0.1, 0.15) is 38.3 Å². The van der Waals surface area contributed by atoms with Crippen molar-refractivity contribution in [3.63, 3.8) is 0 Å². The lowest BCUT2D eigenvalue weighted by molar-refractivity contribution is -0.137. The molecule has 1 unspecified atom stereocenters. The number of alkyl halides is 3. The molecule has 1 N–H and O–H groups in total. The molecule has 2 rings (SSSR count). The van der Waals surface area contributed by atoms with Crippen molar-refractivity contribution in [3.05, 3.63) is 29.3 Å². The minimum Gasteiger partial charge on any atom is -0.382 e. The van der Waals surface area contributed by atoms with E-state index in [-0.39, 0.29) is 11.5 Å². The molecule has 1 aromatic carbocycles. The van der Waals surface area contributed by atoms with Crippen LogP contribution < -0.4 is 5.32 Å². The third-order valence-corrected chi connectivity index (χ3v) is 3.29. The minimum absolute atomic E-state index is 0.0792. The number of anilines is 1. The average Bonchev–Trinajstić information content (AvgIpc) is 2.13. The van der Waals surface area contributed by atoms with Crippen LogP contribution >= 0.6 is 0 Å². The second-order valence-corrected chi connectivity index (χ2v) is 5.39. The smallest absolute Gasteiger partial charge is 0.382 e. The quantitative estimate of drug-likeness (QED) is 0.720. The highest BCUT2D eigenvalue weighted by Gasteiger charge is 2.35. The van der Waals surface area contributed by atoms with Gasteiger partial charge in [-0.1, -0.05) is 19.9 Å². The summed E-state index contributed by atoms with van der Waals surface area (Å²) < 4.78 is 37.9. The van der Waals surface area contributed by atoms with Gasteiger partial charge in [0.25, 0.3) is 0 Å². The van der Waals surface area contributed by atoms with Crippen molar-refractivity contribution in [3.8, 4) is 0 Å². The summed E-state index contributed by atoms with van der Waals surface area (Å²) in [5.41, 5.74) is 0.908. The van der Waals surface area contributed by atoms with Gasteiger partial charge in [0.15, 0.2) is 0 Å². The van der Waals surface area contributed by atoms with Crippen LogP contribution in [0.15, 0.2) is 18.2 Å². The van der Waals surface area contributed by atoms with Crippen LogP contribution in [0.5, 0.6) is 0 Å². The zero-order valence-corrected chi connectivity index (χ0v) is 10.2. The Kier molecular flexibility index (Phi) is 2.64. The number of hydrogen-bond acceptors (Lipinski definition) is 1. The maximum Gasteiger partial charge on any atom is 0.416 e. The van der Waals surface area contributed by atoms with Crippen molar-refractivity contribution in [1.29, 1.82) is 0 Å². The molecule has 1 aliphatic heterocycles. The van der Waals surface area contributed by atoms with E-state index in [4.69, 9.17) is 0 Å². The summed E-state index contributed by atoms with van der Waals surface area (Å²) >= 11 is 0. The number of nitrogens with one attached hydrogen (secondary N) is 1. The van der Waals surface area contributed by atoms with E-state index in [0.29, 0.717) is 5.69 Å². The molecule has 0 radical (unpaired) electrons. The SMILES string of the molecule is CC1CC(C)(C)c2ccc(C(F)(F)F)cc2N1. The van der Waals surface area contributed by atoms with Gasteiger partial charge in [-0.15, -0.1) is 0 Å². The fourth-order valence-electron chi connectivity index (χ4n) is 2.62. The summed E-state index contributed by atoms with van der Waals surface area (Å²) in [7, 11) is 0. The van der Waals surface area contributed by atoms with E-state index >= 15 is 0 Å². The molecule has 0 bridgehead atoms. The molecule has 0 saturated carbocycles. The largest absolute Gasteiger partial charge is 0.416 e. The van der Waals surface area contributed by atoms with Gasteiger partial charge in [-0.2, -0.15) is 13.2 Å². The highest BCUT2D eigenvalue weighted by Crippen LogP contribution is 2.41. The van der Waals surface area contributed by atoms with Crippen LogP contribution in [-0.2, 0) is 11.6 Å². The van der Waals surface area contributed by atoms with Gasteiger partial charge in [-0.25, -0.2) is 0 Å². The van der Waals surface area contributed by atoms with E-state index < -0.39 is 11.7 Å². The summed E-state index contributed by atoms with van der Waals surface area (Å²) in [5.74, 6) is 0. The molecular weight excluding hydrogens is 227 g/mol. The topological polar surface area (TPSA) is 12.0 Å². The van der Waals surface area contributed by atoms with Crippen LogP contribution in [0.3, 0.4) is 0 Å². The standard InChI is InChI=1S/C13H16F3N/c1-8-7-12(2,3)10-5-4-9(13(14,15)16)6-11(10)17-8/h4-6,8,17H,7H2,1-3H3. The zero-order chi connectivity index (χ0) is 12.8. The molecule has 0 aromatic heterocycles. The highest BCUT2D eigenvalue weighted by molar-refractivity contribution is 5.59. The molecule has 1 nitrogen and oxygen atoms in total. The summed E-state index contributed by atoms with van der Waals surface area (Å²) in [6.45, 7) is 6.12. The van der Waals surface area contributed by atoms with Crippen LogP contribution in [0, 0.1) is 0 Å². The zero-order valence-electron chi connectivity index (χ0n) is 10.2. The van der Waals surface area contributed by atoms with Crippen LogP contribution in [0.2, 0.25) is 0 Å². The normalized spacial score (nSPS) is 22.8. The van der Waals surface area contributed by atoms with Crippen LogP contribution in [-0.4, -0.2) is 6.04 Å². The van der Waals surface area contributed by atoms with E-state index in [2.05, 4.69) is 19.2 Å². The van der Waals surface area contributed by atoms with E-state index in [1.54, 1.807) is 6.07 Å². The van der Waals surface area contributed by atoms with Gasteiger partial charge in [0, 0.05) is 11.7 Å². The molecular formula is C13H16F3N. The predicted molar refractivity (Wildman–Crippen MR) is 62.2 cm³/mol. The van der Waals surface area contributed by atoms with Crippen LogP contribution in [0.25, 0.3) is 0 Å². The van der Waals surface area contributed by atoms with Crippen molar-refractivity contribution < 1.29 is 13.2 Å². The van der Waals surface area contributed by atoms with Crippen LogP contribution in [0.4, 0.5) is 18.9 Å². The van der Waals surface area contributed by atoms with Crippen molar-refractivity contribution >= 4 is 5.69 Å². The Bertz CT molecular complexity index is 435. The lowest BCUT2D eigenvalue weighted by atomic mass is 9.75. The number of halogens is 3. The van der Waals surface area contributed by atoms with E-state index in [1.807, 2.05) is 6.92 Å². The van der Waals surface area contributed by atoms with Crippen molar-refractivity contribution in [2.24, 2.45) is 0 Å². The van der Waals surface area contributed by atoms with Gasteiger partial charge in [0.05, 0.1) is 5.56 Å². The number of hydrogen-bond donors (Lipinski definition) is 1. The molecule has 1 heterocycles. The second kappa shape index (κ2) is 3.65. The summed E-state index contributed by atoms with van der Waals surface area (Å²) in [6.07, 6.45) is -3.35. The number of benzene rings is 1. The van der Waals surface area contributed by atoms with Gasteiger partial charge >= 0.3 is 6.18 Å². The Balaban J connectivity index is 2.49. The van der Waals surface area contributed by atoms with E-state index in [1.165, 1.54) is 6.07 Å². The summed E-state index contributed by atoms with van der Waals surface area (Å²) in [4.78, 5) is 0. The fourth-order valence-corrected chi connectivity index (χ4v) is 2.62. The summed E-state index contributed by atoms with van der Waals surface area (Å²) in [5, 5.41) is 3.13. The van der Waals surface area contributed by atoms with Crippen molar-refractivity contribution in [2.75, 3.05) is 5.32 Å². The Morgan fingerprint density at radius 2 is 1.94 bits per heavy atom. The number of rotatable bonds is 0. The minimum atomic E-state index is -4.28. The maximum atomic E-state index is 12.6. The van der Waals surface area contributed by atoms with Gasteiger partial charge in [0.1, 0.15) is 0 Å². The lowest BCUT2D eigenvalue weighted by Gasteiger charge is -2.37. The molecule has 0 fully saturated rings. The first-order valence-electron chi connectivity index (χ1n) is 5.68. The Hall–Kier alpha value is -1.19. The third-order valence-electron chi connectivity index (χ3n) is 3.29. The molecule has 4 heteroatoms. The molecule has 1 atom stereocenters. The average molecular weight is 243 g/mol. The molecule has 0 aliphatic carbocycles. The van der Waals surface area contributed by atoms with Gasteiger partial charge in [-0.05, 0) is 36.5 Å². The third kappa shape index (κ3) is 2.26. The molecule has 0 amide bonds. The molecule has 94 valence electrons. The molecule has 0 saturated heterocycles. The lowest BCUT2D eigenvalue weighted by Crippen LogP contribution is -2.34. The van der Waals surface area contributed by atoms with Gasteiger partial charge in [-0.3, -0.25) is 0 Å². The maximum absolute atomic E-state index is 12.6. The Morgan fingerprint density at radius 3 is 2.53 bits per heavy atom. The van der Waals surface area contributed by atoms with E-state index in [0.717, 1.165) is 18.1 Å². The van der Waals surface area contributed by atoms with Gasteiger partial charge < -0.3 is 5.32 Å². The molecule has 1 aliphatic rings.